The van der Waals surface area contributed by atoms with Crippen molar-refractivity contribution in [2.45, 2.75) is 30.7 Å². The van der Waals surface area contributed by atoms with Gasteiger partial charge in [-0.1, -0.05) is 15.9 Å². The number of anilines is 1. The number of aryl methyl sites for hydroxylation is 1. The molecule has 2 aromatic rings. The fourth-order valence-corrected chi connectivity index (χ4v) is 5.44. The highest BCUT2D eigenvalue weighted by molar-refractivity contribution is 9.10. The first kappa shape index (κ1) is 17.2. The van der Waals surface area contributed by atoms with E-state index in [0.717, 1.165) is 0 Å². The summed E-state index contributed by atoms with van der Waals surface area (Å²) in [6.07, 6.45) is 1.28. The predicted octanol–water partition coefficient (Wildman–Crippen LogP) is 4.13. The van der Waals surface area contributed by atoms with E-state index in [4.69, 9.17) is 4.74 Å². The second-order valence-corrected chi connectivity index (χ2v) is 8.46. The summed E-state index contributed by atoms with van der Waals surface area (Å²) in [7, 11) is -2.41. The van der Waals surface area contributed by atoms with Crippen LogP contribution in [0, 0.1) is 5.82 Å². The van der Waals surface area contributed by atoms with E-state index in [2.05, 4.69) is 15.9 Å². The van der Waals surface area contributed by atoms with Crippen molar-refractivity contribution in [2.24, 2.45) is 0 Å². The molecule has 0 spiro atoms. The summed E-state index contributed by atoms with van der Waals surface area (Å²) in [6, 6.07) is 8.86. The molecular weight excluding hydrogens is 397 g/mol. The highest BCUT2D eigenvalue weighted by atomic mass is 79.9. The number of rotatable bonds is 3. The Balaban J connectivity index is 2.19. The maximum absolute atomic E-state index is 13.5. The van der Waals surface area contributed by atoms with Gasteiger partial charge in [-0.2, -0.15) is 0 Å². The van der Waals surface area contributed by atoms with Gasteiger partial charge < -0.3 is 4.74 Å². The molecule has 1 unspecified atom stereocenters. The van der Waals surface area contributed by atoms with E-state index in [0.29, 0.717) is 28.6 Å². The van der Waals surface area contributed by atoms with E-state index >= 15 is 0 Å². The van der Waals surface area contributed by atoms with Crippen molar-refractivity contribution in [3.05, 3.63) is 52.3 Å². The monoisotopic (exact) mass is 413 g/mol. The molecule has 0 saturated heterocycles. The molecule has 0 aromatic heterocycles. The van der Waals surface area contributed by atoms with Gasteiger partial charge in [0.2, 0.25) is 0 Å². The maximum Gasteiger partial charge on any atom is 0.268 e. The summed E-state index contributed by atoms with van der Waals surface area (Å²) < 4.78 is 47.4. The molecule has 1 atom stereocenters. The van der Waals surface area contributed by atoms with Crippen molar-refractivity contribution in [1.29, 1.82) is 0 Å². The summed E-state index contributed by atoms with van der Waals surface area (Å²) in [5, 5.41) is 0. The van der Waals surface area contributed by atoms with Crippen LogP contribution in [-0.2, 0) is 16.4 Å². The molecule has 2 aromatic carbocycles. The molecule has 1 aliphatic rings. The molecule has 1 aliphatic heterocycles. The van der Waals surface area contributed by atoms with Crippen LogP contribution in [0.25, 0.3) is 0 Å². The van der Waals surface area contributed by atoms with Crippen LogP contribution < -0.4 is 9.04 Å². The third kappa shape index (κ3) is 2.91. The van der Waals surface area contributed by atoms with E-state index in [9.17, 15) is 12.8 Å². The van der Waals surface area contributed by atoms with Crippen LogP contribution in [-0.4, -0.2) is 21.6 Å². The van der Waals surface area contributed by atoms with E-state index in [-0.39, 0.29) is 22.5 Å². The first-order valence-corrected chi connectivity index (χ1v) is 9.74. The van der Waals surface area contributed by atoms with Crippen molar-refractivity contribution in [2.75, 3.05) is 11.4 Å². The normalized spacial score (nSPS) is 17.5. The molecular formula is C17H17BrFNO3S. The molecule has 0 amide bonds. The third-order valence-corrected chi connectivity index (χ3v) is 6.62. The second-order valence-electron chi connectivity index (χ2n) is 5.76. The van der Waals surface area contributed by atoms with Crippen LogP contribution in [0.1, 0.15) is 18.9 Å². The van der Waals surface area contributed by atoms with Gasteiger partial charge in [0.25, 0.3) is 10.0 Å². The Bertz CT molecular complexity index is 885. The Morgan fingerprint density at radius 3 is 2.71 bits per heavy atom. The number of hydrogen-bond acceptors (Lipinski definition) is 3. The molecule has 0 saturated carbocycles. The molecule has 0 radical (unpaired) electrons. The van der Waals surface area contributed by atoms with Crippen LogP contribution in [0.3, 0.4) is 0 Å². The number of ether oxygens (including phenoxy) is 1. The number of benzene rings is 2. The lowest BCUT2D eigenvalue weighted by Crippen LogP contribution is -2.42. The first-order valence-electron chi connectivity index (χ1n) is 7.51. The smallest absolute Gasteiger partial charge is 0.268 e. The van der Waals surface area contributed by atoms with Gasteiger partial charge in [-0.05, 0) is 61.7 Å². The zero-order valence-corrected chi connectivity index (χ0v) is 15.7. The topological polar surface area (TPSA) is 46.6 Å². The zero-order chi connectivity index (χ0) is 17.5. The van der Waals surface area contributed by atoms with Crippen molar-refractivity contribution in [3.8, 4) is 5.75 Å². The highest BCUT2D eigenvalue weighted by Gasteiger charge is 2.35. The minimum Gasteiger partial charge on any atom is -0.495 e. The molecule has 24 heavy (non-hydrogen) atoms. The van der Waals surface area contributed by atoms with E-state index in [1.54, 1.807) is 12.1 Å². The number of nitrogens with zero attached hydrogens (tertiary/aromatic N) is 1. The minimum absolute atomic E-state index is 0.0865. The van der Waals surface area contributed by atoms with Crippen LogP contribution in [0.5, 0.6) is 5.75 Å². The molecule has 0 fully saturated rings. The molecule has 128 valence electrons. The van der Waals surface area contributed by atoms with Gasteiger partial charge in [-0.3, -0.25) is 4.31 Å². The fourth-order valence-electron chi connectivity index (χ4n) is 3.01. The fraction of sp³-hybridized carbons (Fsp3) is 0.294. The van der Waals surface area contributed by atoms with E-state index in [1.807, 2.05) is 6.92 Å². The summed E-state index contributed by atoms with van der Waals surface area (Å²) in [5.74, 6) is -0.0830. The minimum atomic E-state index is -3.85. The molecule has 0 aliphatic carbocycles. The summed E-state index contributed by atoms with van der Waals surface area (Å²) in [5.41, 5.74) is 1.22. The van der Waals surface area contributed by atoms with Crippen LogP contribution in [0.2, 0.25) is 0 Å². The zero-order valence-electron chi connectivity index (χ0n) is 13.3. The molecule has 3 rings (SSSR count). The Hall–Kier alpha value is -1.60. The largest absolute Gasteiger partial charge is 0.495 e. The lowest BCUT2D eigenvalue weighted by atomic mass is 9.99. The number of sulfonamides is 1. The number of methoxy groups -OCH3 is 1. The van der Waals surface area contributed by atoms with Gasteiger partial charge in [-0.25, -0.2) is 12.8 Å². The highest BCUT2D eigenvalue weighted by Crippen LogP contribution is 2.38. The van der Waals surface area contributed by atoms with E-state index in [1.165, 1.54) is 35.7 Å². The van der Waals surface area contributed by atoms with Gasteiger partial charge >= 0.3 is 0 Å². The Morgan fingerprint density at radius 2 is 2.00 bits per heavy atom. The number of halogens is 2. The second kappa shape index (κ2) is 6.37. The van der Waals surface area contributed by atoms with Gasteiger partial charge in [0.15, 0.2) is 0 Å². The van der Waals surface area contributed by atoms with Crippen LogP contribution in [0.4, 0.5) is 10.1 Å². The predicted molar refractivity (Wildman–Crippen MR) is 94.5 cm³/mol. The van der Waals surface area contributed by atoms with Gasteiger partial charge in [0, 0.05) is 10.5 Å². The van der Waals surface area contributed by atoms with Crippen LogP contribution in [0.15, 0.2) is 45.8 Å². The van der Waals surface area contributed by atoms with Gasteiger partial charge in [0.05, 0.1) is 12.8 Å². The summed E-state index contributed by atoms with van der Waals surface area (Å²) in [6.45, 7) is 1.86. The molecule has 7 heteroatoms. The van der Waals surface area contributed by atoms with Crippen molar-refractivity contribution >= 4 is 31.6 Å². The first-order chi connectivity index (χ1) is 11.3. The Labute approximate surface area is 149 Å². The quantitative estimate of drug-likeness (QED) is 0.759. The Kier molecular flexibility index (Phi) is 4.57. The maximum atomic E-state index is 13.5. The molecule has 4 nitrogen and oxygen atoms in total. The number of hydrogen-bond donors (Lipinski definition) is 0. The average molecular weight is 414 g/mol. The van der Waals surface area contributed by atoms with Crippen molar-refractivity contribution in [1.82, 2.24) is 0 Å². The SMILES string of the molecule is COc1ccc(Br)cc1S(=O)(=O)N1c2ccc(F)cc2CCC1C. The molecule has 0 N–H and O–H groups in total. The average Bonchev–Trinajstić information content (AvgIpc) is 2.54. The lowest BCUT2D eigenvalue weighted by Gasteiger charge is -2.36. The Morgan fingerprint density at radius 1 is 1.25 bits per heavy atom. The summed E-state index contributed by atoms with van der Waals surface area (Å²) >= 11 is 3.31. The standard InChI is InChI=1S/C17H17BrFNO3S/c1-11-3-4-12-9-14(19)6-7-15(12)20(11)24(21,22)17-10-13(18)5-8-16(17)23-2/h5-11H,3-4H2,1-2H3. The molecule has 0 bridgehead atoms. The van der Waals surface area contributed by atoms with Crippen LogP contribution >= 0.6 is 15.9 Å². The van der Waals surface area contributed by atoms with Gasteiger partial charge in [-0.15, -0.1) is 0 Å². The number of fused-ring (bicyclic) bond motifs is 1. The lowest BCUT2D eigenvalue weighted by molar-refractivity contribution is 0.402. The van der Waals surface area contributed by atoms with Gasteiger partial charge in [0.1, 0.15) is 16.5 Å². The van der Waals surface area contributed by atoms with Crippen molar-refractivity contribution < 1.29 is 17.5 Å². The van der Waals surface area contributed by atoms with Crippen molar-refractivity contribution in [3.63, 3.8) is 0 Å². The van der Waals surface area contributed by atoms with E-state index < -0.39 is 10.0 Å². The third-order valence-electron chi connectivity index (χ3n) is 4.17. The summed E-state index contributed by atoms with van der Waals surface area (Å²) in [4.78, 5) is 0.0865. The molecule has 1 heterocycles.